The fraction of sp³-hybridized carbons (Fsp3) is 0.875. The molecule has 0 aromatic heterocycles. The first-order valence-electron chi connectivity index (χ1n) is 8.24. The SMILES string of the molecule is CCCCCCOC(=O)C(S)C(S)C(=O)OCCCCCC. The number of thiol groups is 2. The number of carbonyl (C=O) groups is 2. The van der Waals surface area contributed by atoms with E-state index >= 15 is 0 Å². The van der Waals surface area contributed by atoms with E-state index in [1.807, 2.05) is 0 Å². The summed E-state index contributed by atoms with van der Waals surface area (Å²) in [5.41, 5.74) is 0. The predicted octanol–water partition coefficient (Wildman–Crippen LogP) is 3.83. The average Bonchev–Trinajstić information content (AvgIpc) is 2.52. The quantitative estimate of drug-likeness (QED) is 0.301. The first-order valence-corrected chi connectivity index (χ1v) is 9.27. The van der Waals surface area contributed by atoms with Gasteiger partial charge in [-0.2, -0.15) is 25.3 Å². The molecule has 4 nitrogen and oxygen atoms in total. The highest BCUT2D eigenvalue weighted by Crippen LogP contribution is 2.14. The summed E-state index contributed by atoms with van der Waals surface area (Å²) in [6.45, 7) is 4.97. The number of hydrogen-bond acceptors (Lipinski definition) is 6. The summed E-state index contributed by atoms with van der Waals surface area (Å²) in [6, 6.07) is 0. The Kier molecular flexibility index (Phi) is 14.0. The van der Waals surface area contributed by atoms with Crippen molar-refractivity contribution in [2.45, 2.75) is 75.7 Å². The monoisotopic (exact) mass is 350 g/mol. The highest BCUT2D eigenvalue weighted by Gasteiger charge is 2.30. The number of unbranched alkanes of at least 4 members (excludes halogenated alkanes) is 6. The summed E-state index contributed by atoms with van der Waals surface area (Å²) in [4.78, 5) is 23.6. The van der Waals surface area contributed by atoms with Crippen LogP contribution in [0.25, 0.3) is 0 Å². The molecule has 130 valence electrons. The van der Waals surface area contributed by atoms with Crippen LogP contribution in [-0.2, 0) is 19.1 Å². The van der Waals surface area contributed by atoms with Crippen LogP contribution >= 0.6 is 25.3 Å². The Balaban J connectivity index is 3.88. The van der Waals surface area contributed by atoms with Crippen LogP contribution in [0.5, 0.6) is 0 Å². The van der Waals surface area contributed by atoms with Crippen molar-refractivity contribution in [3.8, 4) is 0 Å². The lowest BCUT2D eigenvalue weighted by atomic mass is 10.2. The fourth-order valence-electron chi connectivity index (χ4n) is 1.83. The Morgan fingerprint density at radius 3 is 1.41 bits per heavy atom. The minimum atomic E-state index is -0.891. The van der Waals surface area contributed by atoms with E-state index in [0.29, 0.717) is 13.2 Å². The molecule has 0 bridgehead atoms. The molecule has 0 aliphatic carbocycles. The summed E-state index contributed by atoms with van der Waals surface area (Å²) >= 11 is 8.26. The second-order valence-corrected chi connectivity index (χ2v) is 6.46. The highest BCUT2D eigenvalue weighted by molar-refractivity contribution is 7.86. The van der Waals surface area contributed by atoms with E-state index in [4.69, 9.17) is 9.47 Å². The van der Waals surface area contributed by atoms with E-state index in [0.717, 1.165) is 51.4 Å². The van der Waals surface area contributed by atoms with Gasteiger partial charge in [0.25, 0.3) is 0 Å². The number of rotatable bonds is 13. The van der Waals surface area contributed by atoms with E-state index in [-0.39, 0.29) is 0 Å². The van der Waals surface area contributed by atoms with Gasteiger partial charge in [0.15, 0.2) is 0 Å². The molecule has 0 N–H and O–H groups in total. The van der Waals surface area contributed by atoms with Gasteiger partial charge in [0.2, 0.25) is 0 Å². The van der Waals surface area contributed by atoms with Crippen molar-refractivity contribution >= 4 is 37.2 Å². The van der Waals surface area contributed by atoms with Gasteiger partial charge in [0, 0.05) is 0 Å². The van der Waals surface area contributed by atoms with Crippen LogP contribution < -0.4 is 0 Å². The molecule has 6 heteroatoms. The lowest BCUT2D eigenvalue weighted by molar-refractivity contribution is -0.149. The summed E-state index contributed by atoms with van der Waals surface area (Å²) in [5, 5.41) is -1.78. The Labute approximate surface area is 145 Å². The number of ether oxygens (including phenoxy) is 2. The lowest BCUT2D eigenvalue weighted by Gasteiger charge is -2.16. The predicted molar refractivity (Wildman–Crippen MR) is 95.8 cm³/mol. The van der Waals surface area contributed by atoms with Gasteiger partial charge in [-0.1, -0.05) is 52.4 Å². The minimum absolute atomic E-state index is 0.364. The van der Waals surface area contributed by atoms with Crippen LogP contribution in [0, 0.1) is 0 Å². The molecule has 0 aromatic rings. The van der Waals surface area contributed by atoms with Gasteiger partial charge in [-0.25, -0.2) is 0 Å². The second kappa shape index (κ2) is 14.2. The van der Waals surface area contributed by atoms with Crippen LogP contribution in [0.2, 0.25) is 0 Å². The molecule has 2 atom stereocenters. The Morgan fingerprint density at radius 2 is 1.09 bits per heavy atom. The van der Waals surface area contributed by atoms with E-state index in [9.17, 15) is 9.59 Å². The van der Waals surface area contributed by atoms with Gasteiger partial charge >= 0.3 is 11.9 Å². The fourth-order valence-corrected chi connectivity index (χ4v) is 2.22. The standard InChI is InChI=1S/C16H30O4S2/c1-3-5-7-9-11-19-15(17)13(21)14(22)16(18)20-12-10-8-6-4-2/h13-14,21-22H,3-12H2,1-2H3. The molecule has 0 aliphatic rings. The zero-order chi connectivity index (χ0) is 16.8. The molecule has 0 spiro atoms. The zero-order valence-electron chi connectivity index (χ0n) is 13.8. The highest BCUT2D eigenvalue weighted by atomic mass is 32.1. The van der Waals surface area contributed by atoms with Gasteiger partial charge in [0.05, 0.1) is 13.2 Å². The first-order chi connectivity index (χ1) is 10.5. The molecule has 0 saturated carbocycles. The van der Waals surface area contributed by atoms with Crippen molar-refractivity contribution in [2.75, 3.05) is 13.2 Å². The first kappa shape index (κ1) is 21.6. The molecule has 0 rings (SSSR count). The average molecular weight is 351 g/mol. The van der Waals surface area contributed by atoms with Crippen molar-refractivity contribution in [2.24, 2.45) is 0 Å². The number of hydrogen-bond donors (Lipinski definition) is 2. The third kappa shape index (κ3) is 10.4. The van der Waals surface area contributed by atoms with Crippen molar-refractivity contribution in [1.82, 2.24) is 0 Å². The van der Waals surface area contributed by atoms with E-state index < -0.39 is 22.4 Å². The maximum Gasteiger partial charge on any atom is 0.320 e. The smallest absolute Gasteiger partial charge is 0.320 e. The molecule has 0 heterocycles. The van der Waals surface area contributed by atoms with E-state index in [2.05, 4.69) is 39.1 Å². The molecule has 2 unspecified atom stereocenters. The van der Waals surface area contributed by atoms with Crippen LogP contribution in [-0.4, -0.2) is 35.7 Å². The van der Waals surface area contributed by atoms with Crippen molar-refractivity contribution in [3.05, 3.63) is 0 Å². The topological polar surface area (TPSA) is 52.6 Å². The Morgan fingerprint density at radius 1 is 0.727 bits per heavy atom. The van der Waals surface area contributed by atoms with Crippen molar-refractivity contribution in [3.63, 3.8) is 0 Å². The molecular formula is C16H30O4S2. The van der Waals surface area contributed by atoms with Gasteiger partial charge in [-0.05, 0) is 12.8 Å². The Bertz CT molecular complexity index is 281. The van der Waals surface area contributed by atoms with Crippen LogP contribution in [0.4, 0.5) is 0 Å². The van der Waals surface area contributed by atoms with Crippen LogP contribution in [0.3, 0.4) is 0 Å². The molecular weight excluding hydrogens is 320 g/mol. The van der Waals surface area contributed by atoms with Crippen LogP contribution in [0.1, 0.15) is 65.2 Å². The third-order valence-electron chi connectivity index (χ3n) is 3.27. The number of esters is 2. The summed E-state index contributed by atoms with van der Waals surface area (Å²) in [6.07, 6.45) is 8.25. The second-order valence-electron chi connectivity index (χ2n) is 5.35. The van der Waals surface area contributed by atoms with Gasteiger partial charge in [-0.15, -0.1) is 0 Å². The largest absolute Gasteiger partial charge is 0.465 e. The van der Waals surface area contributed by atoms with E-state index in [1.165, 1.54) is 0 Å². The lowest BCUT2D eigenvalue weighted by Crippen LogP contribution is -2.34. The minimum Gasteiger partial charge on any atom is -0.465 e. The molecule has 0 radical (unpaired) electrons. The summed E-state index contributed by atoms with van der Waals surface area (Å²) in [7, 11) is 0. The molecule has 0 fully saturated rings. The van der Waals surface area contributed by atoms with Crippen LogP contribution in [0.15, 0.2) is 0 Å². The molecule has 22 heavy (non-hydrogen) atoms. The maximum absolute atomic E-state index is 11.8. The molecule has 0 saturated heterocycles. The van der Waals surface area contributed by atoms with Crippen molar-refractivity contribution in [1.29, 1.82) is 0 Å². The van der Waals surface area contributed by atoms with Gasteiger partial charge in [-0.3, -0.25) is 9.59 Å². The summed E-state index contributed by atoms with van der Waals surface area (Å²) in [5.74, 6) is -1.02. The summed E-state index contributed by atoms with van der Waals surface area (Å²) < 4.78 is 10.2. The molecule has 0 amide bonds. The third-order valence-corrected chi connectivity index (χ3v) is 4.52. The maximum atomic E-state index is 11.8. The van der Waals surface area contributed by atoms with Gasteiger partial charge < -0.3 is 9.47 Å². The Hall–Kier alpha value is -0.360. The van der Waals surface area contributed by atoms with Crippen molar-refractivity contribution < 1.29 is 19.1 Å². The molecule has 0 aromatic carbocycles. The van der Waals surface area contributed by atoms with Gasteiger partial charge in [0.1, 0.15) is 10.5 Å². The zero-order valence-corrected chi connectivity index (χ0v) is 15.5. The van der Waals surface area contributed by atoms with E-state index in [1.54, 1.807) is 0 Å². The normalized spacial score (nSPS) is 13.5. The molecule has 0 aliphatic heterocycles. The number of carbonyl (C=O) groups excluding carboxylic acids is 2.